The Morgan fingerprint density at radius 1 is 1.16 bits per heavy atom. The maximum Gasteiger partial charge on any atom is 0.191 e. The lowest BCUT2D eigenvalue weighted by Gasteiger charge is -2.27. The van der Waals surface area contributed by atoms with Gasteiger partial charge in [-0.25, -0.2) is 0 Å². The van der Waals surface area contributed by atoms with Crippen molar-refractivity contribution in [3.8, 4) is 5.75 Å². The molecule has 2 N–H and O–H groups in total. The molecule has 0 saturated carbocycles. The topological polar surface area (TPSA) is 48.9 Å². The van der Waals surface area contributed by atoms with E-state index in [1.807, 2.05) is 19.2 Å². The van der Waals surface area contributed by atoms with Crippen LogP contribution in [0.25, 0.3) is 0 Å². The molecule has 5 nitrogen and oxygen atoms in total. The van der Waals surface area contributed by atoms with Crippen molar-refractivity contribution in [1.29, 1.82) is 0 Å². The number of ether oxygens (including phenoxy) is 1. The molecule has 0 aliphatic carbocycles. The molecule has 0 radical (unpaired) electrons. The lowest BCUT2D eigenvalue weighted by atomic mass is 10.0. The SMILES string of the molecule is CN=C(NCCc1ccc(OC)cc1)NCC(CC(C)C)N(C)C.I. The number of benzene rings is 1. The van der Waals surface area contributed by atoms with Crippen molar-refractivity contribution in [2.45, 2.75) is 32.7 Å². The minimum atomic E-state index is 0. The number of nitrogens with zero attached hydrogens (tertiary/aromatic N) is 2. The van der Waals surface area contributed by atoms with E-state index in [4.69, 9.17) is 4.74 Å². The number of aliphatic imine (C=N–C) groups is 1. The van der Waals surface area contributed by atoms with Gasteiger partial charge in [-0.2, -0.15) is 0 Å². The van der Waals surface area contributed by atoms with Crippen LogP contribution in [-0.2, 0) is 6.42 Å². The van der Waals surface area contributed by atoms with Crippen molar-refractivity contribution in [1.82, 2.24) is 15.5 Å². The van der Waals surface area contributed by atoms with Gasteiger partial charge in [-0.3, -0.25) is 4.99 Å². The number of likely N-dealkylation sites (N-methyl/N-ethyl adjacent to an activating group) is 1. The van der Waals surface area contributed by atoms with Crippen molar-refractivity contribution >= 4 is 29.9 Å². The van der Waals surface area contributed by atoms with Gasteiger partial charge in [0.2, 0.25) is 0 Å². The fraction of sp³-hybridized carbons (Fsp3) is 0.632. The second kappa shape index (κ2) is 13.2. The Kier molecular flexibility index (Phi) is 12.7. The van der Waals surface area contributed by atoms with E-state index in [1.165, 1.54) is 12.0 Å². The van der Waals surface area contributed by atoms with Crippen LogP contribution in [0.5, 0.6) is 5.75 Å². The first-order valence-corrected chi connectivity index (χ1v) is 8.70. The molecule has 1 atom stereocenters. The molecule has 0 aromatic heterocycles. The lowest BCUT2D eigenvalue weighted by molar-refractivity contribution is 0.254. The molecule has 0 aliphatic rings. The summed E-state index contributed by atoms with van der Waals surface area (Å²) in [4.78, 5) is 6.59. The molecular weight excluding hydrogens is 427 g/mol. The molecule has 0 heterocycles. The molecule has 1 unspecified atom stereocenters. The Hall–Kier alpha value is -1.02. The van der Waals surface area contributed by atoms with Gasteiger partial charge in [-0.1, -0.05) is 26.0 Å². The summed E-state index contributed by atoms with van der Waals surface area (Å²) in [5.74, 6) is 2.44. The average Bonchev–Trinajstić information content (AvgIpc) is 2.56. The second-order valence-corrected chi connectivity index (χ2v) is 6.72. The zero-order valence-electron chi connectivity index (χ0n) is 16.5. The summed E-state index contributed by atoms with van der Waals surface area (Å²) in [6, 6.07) is 8.69. The number of nitrogens with one attached hydrogen (secondary N) is 2. The van der Waals surface area contributed by atoms with Crippen molar-refractivity contribution < 1.29 is 4.74 Å². The zero-order valence-corrected chi connectivity index (χ0v) is 18.8. The van der Waals surface area contributed by atoms with Crippen LogP contribution < -0.4 is 15.4 Å². The van der Waals surface area contributed by atoms with Crippen LogP contribution in [0.1, 0.15) is 25.8 Å². The van der Waals surface area contributed by atoms with Gasteiger partial charge in [0.05, 0.1) is 7.11 Å². The molecule has 25 heavy (non-hydrogen) atoms. The number of methoxy groups -OCH3 is 1. The molecular formula is C19H35IN4O. The summed E-state index contributed by atoms with van der Waals surface area (Å²) in [5.41, 5.74) is 1.28. The van der Waals surface area contributed by atoms with Crippen LogP contribution in [-0.4, -0.2) is 58.2 Å². The number of hydrogen-bond acceptors (Lipinski definition) is 3. The van der Waals surface area contributed by atoms with Crippen molar-refractivity contribution in [3.05, 3.63) is 29.8 Å². The molecule has 6 heteroatoms. The highest BCUT2D eigenvalue weighted by Gasteiger charge is 2.13. The van der Waals surface area contributed by atoms with Crippen LogP contribution in [0.4, 0.5) is 0 Å². The fourth-order valence-corrected chi connectivity index (χ4v) is 2.57. The van der Waals surface area contributed by atoms with E-state index >= 15 is 0 Å². The molecule has 0 bridgehead atoms. The van der Waals surface area contributed by atoms with Crippen LogP contribution in [0.3, 0.4) is 0 Å². The molecule has 1 rings (SSSR count). The van der Waals surface area contributed by atoms with Gasteiger partial charge in [0, 0.05) is 26.2 Å². The highest BCUT2D eigenvalue weighted by Crippen LogP contribution is 2.11. The molecule has 0 saturated heterocycles. The zero-order chi connectivity index (χ0) is 17.9. The van der Waals surface area contributed by atoms with Gasteiger partial charge < -0.3 is 20.3 Å². The standard InChI is InChI=1S/C19H34N4O.HI/c1-15(2)13-17(23(4)5)14-22-19(20-3)21-12-11-16-7-9-18(24-6)10-8-16;/h7-10,15,17H,11-14H2,1-6H3,(H2,20,21,22);1H. The van der Waals surface area contributed by atoms with E-state index in [0.717, 1.165) is 31.2 Å². The van der Waals surface area contributed by atoms with Crippen LogP contribution in [0.15, 0.2) is 29.3 Å². The minimum Gasteiger partial charge on any atom is -0.497 e. The monoisotopic (exact) mass is 462 g/mol. The Morgan fingerprint density at radius 3 is 2.28 bits per heavy atom. The molecule has 0 aliphatic heterocycles. The van der Waals surface area contributed by atoms with Gasteiger partial charge in [-0.15, -0.1) is 24.0 Å². The van der Waals surface area contributed by atoms with Crippen LogP contribution in [0.2, 0.25) is 0 Å². The summed E-state index contributed by atoms with van der Waals surface area (Å²) >= 11 is 0. The van der Waals surface area contributed by atoms with Crippen molar-refractivity contribution in [3.63, 3.8) is 0 Å². The first-order valence-electron chi connectivity index (χ1n) is 8.70. The summed E-state index contributed by atoms with van der Waals surface area (Å²) in [7, 11) is 7.77. The third kappa shape index (κ3) is 9.89. The largest absolute Gasteiger partial charge is 0.497 e. The van der Waals surface area contributed by atoms with Crippen LogP contribution >= 0.6 is 24.0 Å². The van der Waals surface area contributed by atoms with E-state index in [-0.39, 0.29) is 24.0 Å². The molecule has 0 amide bonds. The lowest BCUT2D eigenvalue weighted by Crippen LogP contribution is -2.45. The van der Waals surface area contributed by atoms with Crippen molar-refractivity contribution in [2.75, 3.05) is 41.3 Å². The van der Waals surface area contributed by atoms with Crippen molar-refractivity contribution in [2.24, 2.45) is 10.9 Å². The van der Waals surface area contributed by atoms with E-state index in [1.54, 1.807) is 7.11 Å². The van der Waals surface area contributed by atoms with Gasteiger partial charge >= 0.3 is 0 Å². The highest BCUT2D eigenvalue weighted by molar-refractivity contribution is 14.0. The summed E-state index contributed by atoms with van der Waals surface area (Å²) < 4.78 is 5.18. The Balaban J connectivity index is 0.00000576. The normalized spacial score (nSPS) is 12.7. The van der Waals surface area contributed by atoms with Gasteiger partial charge in [0.1, 0.15) is 5.75 Å². The number of halogens is 1. The Morgan fingerprint density at radius 2 is 1.80 bits per heavy atom. The second-order valence-electron chi connectivity index (χ2n) is 6.72. The molecule has 144 valence electrons. The van der Waals surface area contributed by atoms with Crippen LogP contribution in [0, 0.1) is 5.92 Å². The summed E-state index contributed by atoms with van der Waals surface area (Å²) in [5, 5.41) is 6.82. The van der Waals surface area contributed by atoms with E-state index in [2.05, 4.69) is 60.6 Å². The maximum absolute atomic E-state index is 5.18. The Labute approximate surface area is 170 Å². The predicted octanol–water partition coefficient (Wildman–Crippen LogP) is 3.00. The first kappa shape index (κ1) is 24.0. The third-order valence-corrected chi connectivity index (χ3v) is 4.07. The highest BCUT2D eigenvalue weighted by atomic mass is 127. The maximum atomic E-state index is 5.18. The predicted molar refractivity (Wildman–Crippen MR) is 118 cm³/mol. The van der Waals surface area contributed by atoms with E-state index < -0.39 is 0 Å². The number of rotatable bonds is 9. The average molecular weight is 462 g/mol. The van der Waals surface area contributed by atoms with E-state index in [9.17, 15) is 0 Å². The number of guanidine groups is 1. The smallest absolute Gasteiger partial charge is 0.191 e. The quantitative estimate of drug-likeness (QED) is 0.337. The summed E-state index contributed by atoms with van der Waals surface area (Å²) in [6.45, 7) is 6.27. The Bertz CT molecular complexity index is 489. The van der Waals surface area contributed by atoms with Gasteiger partial charge in [-0.05, 0) is 50.6 Å². The molecule has 1 aromatic carbocycles. The summed E-state index contributed by atoms with van der Waals surface area (Å²) in [6.07, 6.45) is 2.12. The number of hydrogen-bond donors (Lipinski definition) is 2. The molecule has 1 aromatic rings. The minimum absolute atomic E-state index is 0. The third-order valence-electron chi connectivity index (χ3n) is 4.07. The molecule has 0 fully saturated rings. The fourth-order valence-electron chi connectivity index (χ4n) is 2.57. The van der Waals surface area contributed by atoms with Gasteiger partial charge in [0.15, 0.2) is 5.96 Å². The first-order chi connectivity index (χ1) is 11.5. The van der Waals surface area contributed by atoms with E-state index in [0.29, 0.717) is 12.0 Å². The van der Waals surface area contributed by atoms with Gasteiger partial charge in [0.25, 0.3) is 0 Å². The molecule has 0 spiro atoms.